The van der Waals surface area contributed by atoms with Gasteiger partial charge in [-0.25, -0.2) is 0 Å². The summed E-state index contributed by atoms with van der Waals surface area (Å²) in [5, 5.41) is 11.9. The molecular formula is C13H29N3O. The first-order chi connectivity index (χ1) is 7.88. The molecule has 0 aliphatic rings. The molecule has 0 heterocycles. The summed E-state index contributed by atoms with van der Waals surface area (Å²) in [6.07, 6.45) is 2.28. The third-order valence-corrected chi connectivity index (χ3v) is 3.08. The second-order valence-electron chi connectivity index (χ2n) is 5.60. The third-order valence-electron chi connectivity index (χ3n) is 3.08. The Labute approximate surface area is 106 Å². The fourth-order valence-corrected chi connectivity index (χ4v) is 1.62. The van der Waals surface area contributed by atoms with Gasteiger partial charge in [0.15, 0.2) is 5.84 Å². The van der Waals surface area contributed by atoms with Crippen LogP contribution in [0.25, 0.3) is 0 Å². The van der Waals surface area contributed by atoms with Gasteiger partial charge in [0.05, 0.1) is 6.04 Å². The summed E-state index contributed by atoms with van der Waals surface area (Å²) in [7, 11) is 0. The molecule has 0 amide bonds. The Kier molecular flexibility index (Phi) is 7.96. The lowest BCUT2D eigenvalue weighted by Crippen LogP contribution is -2.44. The van der Waals surface area contributed by atoms with Gasteiger partial charge in [-0.05, 0) is 44.7 Å². The molecule has 0 bridgehead atoms. The van der Waals surface area contributed by atoms with Crippen LogP contribution in [-0.2, 0) is 0 Å². The van der Waals surface area contributed by atoms with Crippen LogP contribution in [0.1, 0.15) is 47.5 Å². The van der Waals surface area contributed by atoms with Gasteiger partial charge in [0.1, 0.15) is 0 Å². The fourth-order valence-electron chi connectivity index (χ4n) is 1.62. The van der Waals surface area contributed by atoms with E-state index in [1.54, 1.807) is 0 Å². The van der Waals surface area contributed by atoms with E-state index in [1.807, 2.05) is 6.92 Å². The average Bonchev–Trinajstić information content (AvgIpc) is 2.26. The second-order valence-corrected chi connectivity index (χ2v) is 5.60. The summed E-state index contributed by atoms with van der Waals surface area (Å²) < 4.78 is 0. The second kappa shape index (κ2) is 8.34. The van der Waals surface area contributed by atoms with Crippen LogP contribution in [0.3, 0.4) is 0 Å². The quantitative estimate of drug-likeness (QED) is 0.298. The van der Waals surface area contributed by atoms with Crippen molar-refractivity contribution in [2.24, 2.45) is 22.7 Å². The Bertz CT molecular complexity index is 215. The number of nitrogens with two attached hydrogens (primary N) is 1. The molecule has 4 heteroatoms. The molecule has 0 rings (SSSR count). The molecule has 1 atom stereocenters. The zero-order valence-electron chi connectivity index (χ0n) is 12.0. The molecule has 0 spiro atoms. The molecule has 1 unspecified atom stereocenters. The van der Waals surface area contributed by atoms with Crippen molar-refractivity contribution in [1.29, 1.82) is 0 Å². The maximum atomic E-state index is 8.75. The zero-order valence-corrected chi connectivity index (χ0v) is 12.0. The van der Waals surface area contributed by atoms with E-state index in [-0.39, 0.29) is 6.04 Å². The van der Waals surface area contributed by atoms with Gasteiger partial charge in [-0.3, -0.25) is 4.90 Å². The Hall–Kier alpha value is -0.770. The topological polar surface area (TPSA) is 61.8 Å². The predicted octanol–water partition coefficient (Wildman–Crippen LogP) is 2.52. The molecule has 102 valence electrons. The van der Waals surface area contributed by atoms with Crippen molar-refractivity contribution in [3.8, 4) is 0 Å². The van der Waals surface area contributed by atoms with Crippen molar-refractivity contribution in [1.82, 2.24) is 4.90 Å². The van der Waals surface area contributed by atoms with E-state index in [1.165, 1.54) is 0 Å². The van der Waals surface area contributed by atoms with Gasteiger partial charge >= 0.3 is 0 Å². The largest absolute Gasteiger partial charge is 0.409 e. The van der Waals surface area contributed by atoms with Crippen molar-refractivity contribution in [3.63, 3.8) is 0 Å². The van der Waals surface area contributed by atoms with E-state index >= 15 is 0 Å². The molecule has 0 aromatic heterocycles. The van der Waals surface area contributed by atoms with E-state index in [4.69, 9.17) is 10.9 Å². The van der Waals surface area contributed by atoms with Crippen LogP contribution in [-0.4, -0.2) is 35.1 Å². The van der Waals surface area contributed by atoms with Gasteiger partial charge in [0, 0.05) is 0 Å². The normalized spacial score (nSPS) is 14.9. The molecule has 0 fully saturated rings. The molecule has 0 saturated carbocycles. The van der Waals surface area contributed by atoms with Crippen LogP contribution in [0.15, 0.2) is 5.16 Å². The minimum Gasteiger partial charge on any atom is -0.409 e. The predicted molar refractivity (Wildman–Crippen MR) is 73.4 cm³/mol. The van der Waals surface area contributed by atoms with Gasteiger partial charge in [-0.15, -0.1) is 0 Å². The Morgan fingerprint density at radius 3 is 1.76 bits per heavy atom. The van der Waals surface area contributed by atoms with E-state index in [0.29, 0.717) is 17.7 Å². The van der Waals surface area contributed by atoms with Gasteiger partial charge in [-0.1, -0.05) is 32.9 Å². The van der Waals surface area contributed by atoms with Crippen LogP contribution in [0.5, 0.6) is 0 Å². The van der Waals surface area contributed by atoms with Crippen molar-refractivity contribution in [2.45, 2.75) is 53.5 Å². The standard InChI is InChI=1S/C13H29N3O/c1-10(2)6-8-16(9-7-11(3)4)12(5)13(14)15-17/h10-12,17H,6-9H2,1-5H3,(H2,14,15). The van der Waals surface area contributed by atoms with E-state index < -0.39 is 0 Å². The summed E-state index contributed by atoms with van der Waals surface area (Å²) in [6.45, 7) is 12.9. The van der Waals surface area contributed by atoms with Crippen LogP contribution in [0.4, 0.5) is 0 Å². The highest BCUT2D eigenvalue weighted by Gasteiger charge is 2.18. The molecule has 3 N–H and O–H groups in total. The molecule has 4 nitrogen and oxygen atoms in total. The fraction of sp³-hybridized carbons (Fsp3) is 0.923. The van der Waals surface area contributed by atoms with Crippen molar-refractivity contribution < 1.29 is 5.21 Å². The van der Waals surface area contributed by atoms with E-state index in [9.17, 15) is 0 Å². The zero-order chi connectivity index (χ0) is 13.4. The number of hydrogen-bond acceptors (Lipinski definition) is 3. The molecule has 0 aromatic rings. The first-order valence-electron chi connectivity index (χ1n) is 6.59. The highest BCUT2D eigenvalue weighted by molar-refractivity contribution is 5.84. The lowest BCUT2D eigenvalue weighted by Gasteiger charge is -2.29. The highest BCUT2D eigenvalue weighted by atomic mass is 16.4. The lowest BCUT2D eigenvalue weighted by atomic mass is 10.1. The van der Waals surface area contributed by atoms with Gasteiger partial charge in [0.25, 0.3) is 0 Å². The number of amidine groups is 1. The van der Waals surface area contributed by atoms with Crippen LogP contribution in [0, 0.1) is 11.8 Å². The maximum Gasteiger partial charge on any atom is 0.156 e. The van der Waals surface area contributed by atoms with Crippen LogP contribution < -0.4 is 5.73 Å². The van der Waals surface area contributed by atoms with Gasteiger partial charge in [0.2, 0.25) is 0 Å². The average molecular weight is 243 g/mol. The summed E-state index contributed by atoms with van der Waals surface area (Å²) in [5.41, 5.74) is 5.69. The number of nitrogens with zero attached hydrogens (tertiary/aromatic N) is 2. The van der Waals surface area contributed by atoms with Crippen molar-refractivity contribution in [3.05, 3.63) is 0 Å². The summed E-state index contributed by atoms with van der Waals surface area (Å²) in [5.74, 6) is 1.66. The molecule has 0 aliphatic carbocycles. The number of oxime groups is 1. The molecule has 0 saturated heterocycles. The Morgan fingerprint density at radius 1 is 1.06 bits per heavy atom. The number of rotatable bonds is 8. The van der Waals surface area contributed by atoms with Crippen molar-refractivity contribution in [2.75, 3.05) is 13.1 Å². The Balaban J connectivity index is 4.37. The van der Waals surface area contributed by atoms with Crippen molar-refractivity contribution >= 4 is 5.84 Å². The summed E-state index contributed by atoms with van der Waals surface area (Å²) >= 11 is 0. The maximum absolute atomic E-state index is 8.75. The molecule has 0 radical (unpaired) electrons. The smallest absolute Gasteiger partial charge is 0.156 e. The first kappa shape index (κ1) is 16.2. The Morgan fingerprint density at radius 2 is 1.47 bits per heavy atom. The molecular weight excluding hydrogens is 214 g/mol. The van der Waals surface area contributed by atoms with Crippen LogP contribution in [0.2, 0.25) is 0 Å². The number of hydrogen-bond donors (Lipinski definition) is 2. The SMILES string of the molecule is CC(C)CCN(CCC(C)C)C(C)C(N)=NO. The minimum absolute atomic E-state index is 0.0116. The monoisotopic (exact) mass is 243 g/mol. The molecule has 0 aliphatic heterocycles. The van der Waals surface area contributed by atoms with E-state index in [2.05, 4.69) is 37.8 Å². The first-order valence-corrected chi connectivity index (χ1v) is 6.59. The molecule has 0 aromatic carbocycles. The van der Waals surface area contributed by atoms with Crippen LogP contribution >= 0.6 is 0 Å². The van der Waals surface area contributed by atoms with Gasteiger partial charge in [-0.2, -0.15) is 0 Å². The summed E-state index contributed by atoms with van der Waals surface area (Å²) in [4.78, 5) is 2.30. The summed E-state index contributed by atoms with van der Waals surface area (Å²) in [6, 6.07) is 0.0116. The minimum atomic E-state index is 0.0116. The molecule has 17 heavy (non-hydrogen) atoms. The van der Waals surface area contributed by atoms with Gasteiger partial charge < -0.3 is 10.9 Å². The van der Waals surface area contributed by atoms with E-state index in [0.717, 1.165) is 25.9 Å². The third kappa shape index (κ3) is 7.21. The lowest BCUT2D eigenvalue weighted by molar-refractivity contribution is 0.219. The highest BCUT2D eigenvalue weighted by Crippen LogP contribution is 2.10.